The van der Waals surface area contributed by atoms with Crippen LogP contribution in [0.15, 0.2) is 42.5 Å². The first kappa shape index (κ1) is 19.3. The van der Waals surface area contributed by atoms with Gasteiger partial charge in [0.25, 0.3) is 5.91 Å². The molecule has 0 spiro atoms. The van der Waals surface area contributed by atoms with Crippen LogP contribution in [0, 0.1) is 0 Å². The topological polar surface area (TPSA) is 88.1 Å². The Bertz CT molecular complexity index is 897. The van der Waals surface area contributed by atoms with E-state index in [4.69, 9.17) is 9.47 Å². The lowest BCUT2D eigenvalue weighted by molar-refractivity contribution is -0.139. The summed E-state index contributed by atoms with van der Waals surface area (Å²) in [7, 11) is 0. The highest BCUT2D eigenvalue weighted by atomic mass is 16.5. The van der Waals surface area contributed by atoms with Gasteiger partial charge in [-0.2, -0.15) is 0 Å². The Hall–Kier alpha value is -3.06. The van der Waals surface area contributed by atoms with E-state index >= 15 is 0 Å². The number of hydrogen-bond acceptors (Lipinski definition) is 5. The lowest BCUT2D eigenvalue weighted by Gasteiger charge is -2.36. The zero-order valence-electron chi connectivity index (χ0n) is 16.1. The number of ether oxygens (including phenoxy) is 2. The van der Waals surface area contributed by atoms with E-state index in [1.807, 2.05) is 35.2 Å². The highest BCUT2D eigenvalue weighted by molar-refractivity contribution is 5.95. The number of phenolic OH excluding ortho intramolecular Hbond substituents is 1. The van der Waals surface area contributed by atoms with Gasteiger partial charge in [-0.15, -0.1) is 0 Å². The Kier molecular flexibility index (Phi) is 5.67. The van der Waals surface area contributed by atoms with Crippen molar-refractivity contribution in [1.29, 1.82) is 0 Å². The van der Waals surface area contributed by atoms with Crippen molar-refractivity contribution in [2.45, 2.75) is 25.3 Å². The molecular weight excluding hydrogens is 372 g/mol. The Balaban J connectivity index is 1.38. The molecule has 7 nitrogen and oxygen atoms in total. The zero-order valence-corrected chi connectivity index (χ0v) is 16.1. The molecule has 2 aromatic carbocycles. The first-order valence-electron chi connectivity index (χ1n) is 9.79. The van der Waals surface area contributed by atoms with Gasteiger partial charge in [-0.05, 0) is 48.2 Å². The standard InChI is InChI=1S/C22H24N2O5/c25-18-5-1-15(2-6-18)11-17-13-28-10-9-24(17)22(27)8-4-16-3-7-20-19(12-16)23-21(26)14-29-20/h1-3,5-7,12,17,25H,4,8-11,13-14H2,(H,23,26)/t17-/m1/s1. The molecule has 1 saturated heterocycles. The Labute approximate surface area is 169 Å². The first-order chi connectivity index (χ1) is 14.1. The number of benzene rings is 2. The summed E-state index contributed by atoms with van der Waals surface area (Å²) >= 11 is 0. The third-order valence-corrected chi connectivity index (χ3v) is 5.26. The van der Waals surface area contributed by atoms with Crippen LogP contribution in [0.5, 0.6) is 11.5 Å². The number of carbonyl (C=O) groups excluding carboxylic acids is 2. The summed E-state index contributed by atoms with van der Waals surface area (Å²) < 4.78 is 11.0. The van der Waals surface area contributed by atoms with Crippen LogP contribution in [0.2, 0.25) is 0 Å². The van der Waals surface area contributed by atoms with Crippen molar-refractivity contribution in [3.8, 4) is 11.5 Å². The van der Waals surface area contributed by atoms with E-state index in [0.29, 0.717) is 50.5 Å². The van der Waals surface area contributed by atoms with E-state index in [-0.39, 0.29) is 30.2 Å². The van der Waals surface area contributed by atoms with E-state index in [2.05, 4.69) is 5.32 Å². The van der Waals surface area contributed by atoms with E-state index in [1.165, 1.54) is 0 Å². The molecule has 0 aromatic heterocycles. The average molecular weight is 396 g/mol. The second-order valence-corrected chi connectivity index (χ2v) is 7.35. The van der Waals surface area contributed by atoms with Crippen LogP contribution in [-0.2, 0) is 27.2 Å². The summed E-state index contributed by atoms with van der Waals surface area (Å²) in [4.78, 5) is 26.3. The summed E-state index contributed by atoms with van der Waals surface area (Å²) in [6.07, 6.45) is 1.67. The molecule has 2 N–H and O–H groups in total. The monoisotopic (exact) mass is 396 g/mol. The van der Waals surface area contributed by atoms with Gasteiger partial charge in [0.05, 0.1) is 24.9 Å². The van der Waals surface area contributed by atoms with Gasteiger partial charge in [-0.3, -0.25) is 9.59 Å². The van der Waals surface area contributed by atoms with Crippen LogP contribution < -0.4 is 10.1 Å². The number of carbonyl (C=O) groups is 2. The Morgan fingerprint density at radius 1 is 1.17 bits per heavy atom. The van der Waals surface area contributed by atoms with Gasteiger partial charge in [0.15, 0.2) is 6.61 Å². The number of nitrogens with one attached hydrogen (secondary N) is 1. The predicted molar refractivity (Wildman–Crippen MR) is 107 cm³/mol. The molecule has 4 rings (SSSR count). The molecule has 1 fully saturated rings. The van der Waals surface area contributed by atoms with Gasteiger partial charge in [-0.1, -0.05) is 18.2 Å². The van der Waals surface area contributed by atoms with Gasteiger partial charge < -0.3 is 24.8 Å². The lowest BCUT2D eigenvalue weighted by Crippen LogP contribution is -2.49. The van der Waals surface area contributed by atoms with Gasteiger partial charge >= 0.3 is 0 Å². The number of phenols is 1. The molecule has 2 amide bonds. The second-order valence-electron chi connectivity index (χ2n) is 7.35. The quantitative estimate of drug-likeness (QED) is 0.808. The molecule has 1 atom stereocenters. The zero-order chi connectivity index (χ0) is 20.2. The number of fused-ring (bicyclic) bond motifs is 1. The molecule has 2 aliphatic rings. The number of aromatic hydroxyl groups is 1. The first-order valence-corrected chi connectivity index (χ1v) is 9.79. The number of aryl methyl sites for hydroxylation is 1. The molecule has 2 aliphatic heterocycles. The van der Waals surface area contributed by atoms with Gasteiger partial charge in [-0.25, -0.2) is 0 Å². The molecule has 152 valence electrons. The minimum absolute atomic E-state index is 0.0167. The van der Waals surface area contributed by atoms with Crippen LogP contribution >= 0.6 is 0 Å². The fraction of sp³-hybridized carbons (Fsp3) is 0.364. The van der Waals surface area contributed by atoms with Crippen molar-refractivity contribution in [3.63, 3.8) is 0 Å². The van der Waals surface area contributed by atoms with E-state index in [9.17, 15) is 14.7 Å². The Morgan fingerprint density at radius 2 is 1.97 bits per heavy atom. The fourth-order valence-electron chi connectivity index (χ4n) is 3.74. The van der Waals surface area contributed by atoms with Crippen molar-refractivity contribution >= 4 is 17.5 Å². The SMILES string of the molecule is O=C1COc2ccc(CCC(=O)N3CCOC[C@H]3Cc3ccc(O)cc3)cc2N1. The fourth-order valence-corrected chi connectivity index (χ4v) is 3.74. The summed E-state index contributed by atoms with van der Waals surface area (Å²) in [5.74, 6) is 0.807. The van der Waals surface area contributed by atoms with Crippen LogP contribution in [0.3, 0.4) is 0 Å². The van der Waals surface area contributed by atoms with E-state index < -0.39 is 0 Å². The van der Waals surface area contributed by atoms with Crippen molar-refractivity contribution in [1.82, 2.24) is 4.90 Å². The molecule has 7 heteroatoms. The summed E-state index contributed by atoms with van der Waals surface area (Å²) in [5.41, 5.74) is 2.69. The number of hydrogen-bond donors (Lipinski definition) is 2. The smallest absolute Gasteiger partial charge is 0.262 e. The summed E-state index contributed by atoms with van der Waals surface area (Å²) in [6.45, 7) is 1.66. The maximum atomic E-state index is 12.9. The van der Waals surface area contributed by atoms with Crippen molar-refractivity contribution in [3.05, 3.63) is 53.6 Å². The largest absolute Gasteiger partial charge is 0.508 e. The molecule has 29 heavy (non-hydrogen) atoms. The maximum absolute atomic E-state index is 12.9. The van der Waals surface area contributed by atoms with E-state index in [0.717, 1.165) is 11.1 Å². The minimum atomic E-state index is -0.170. The van der Waals surface area contributed by atoms with Gasteiger partial charge in [0, 0.05) is 13.0 Å². The number of rotatable bonds is 5. The van der Waals surface area contributed by atoms with E-state index in [1.54, 1.807) is 12.1 Å². The van der Waals surface area contributed by atoms with Gasteiger partial charge in [0.1, 0.15) is 11.5 Å². The van der Waals surface area contributed by atoms with Crippen LogP contribution in [-0.4, -0.2) is 54.2 Å². The second kappa shape index (κ2) is 8.53. The molecule has 0 unspecified atom stereocenters. The molecule has 0 saturated carbocycles. The highest BCUT2D eigenvalue weighted by Gasteiger charge is 2.27. The predicted octanol–water partition coefficient (Wildman–Crippen LogP) is 2.13. The molecule has 0 bridgehead atoms. The molecule has 2 heterocycles. The van der Waals surface area contributed by atoms with Crippen LogP contribution in [0.1, 0.15) is 17.5 Å². The normalized spacial score (nSPS) is 18.6. The van der Waals surface area contributed by atoms with Crippen molar-refractivity contribution < 1.29 is 24.2 Å². The highest BCUT2D eigenvalue weighted by Crippen LogP contribution is 2.29. The molecule has 0 aliphatic carbocycles. The van der Waals surface area contributed by atoms with Crippen LogP contribution in [0.25, 0.3) is 0 Å². The van der Waals surface area contributed by atoms with Crippen molar-refractivity contribution in [2.24, 2.45) is 0 Å². The third kappa shape index (κ3) is 4.68. The maximum Gasteiger partial charge on any atom is 0.262 e. The summed E-state index contributed by atoms with van der Waals surface area (Å²) in [5, 5.41) is 12.2. The number of morpholine rings is 1. The number of anilines is 1. The van der Waals surface area contributed by atoms with Gasteiger partial charge in [0.2, 0.25) is 5.91 Å². The third-order valence-electron chi connectivity index (χ3n) is 5.26. The molecular formula is C22H24N2O5. The minimum Gasteiger partial charge on any atom is -0.508 e. The van der Waals surface area contributed by atoms with Crippen molar-refractivity contribution in [2.75, 3.05) is 31.7 Å². The van der Waals surface area contributed by atoms with Crippen LogP contribution in [0.4, 0.5) is 5.69 Å². The Morgan fingerprint density at radius 3 is 2.79 bits per heavy atom. The molecule has 0 radical (unpaired) electrons. The number of nitrogens with zero attached hydrogens (tertiary/aromatic N) is 1. The lowest BCUT2D eigenvalue weighted by atomic mass is 10.0. The number of amides is 2. The average Bonchev–Trinajstić information content (AvgIpc) is 2.73. The summed E-state index contributed by atoms with van der Waals surface area (Å²) in [6, 6.07) is 12.7. The molecule has 2 aromatic rings.